The molecule has 3 heteroatoms. The number of carbonyl (C=O) groups excluding carboxylic acids is 1. The molecule has 16 heavy (non-hydrogen) atoms. The Morgan fingerprint density at radius 1 is 1.44 bits per heavy atom. The number of carbonyl (C=O) groups is 1. The maximum Gasteiger partial charge on any atom is 0.225 e. The van der Waals surface area contributed by atoms with Crippen LogP contribution in [0.3, 0.4) is 0 Å². The second-order valence-electron chi connectivity index (χ2n) is 5.27. The van der Waals surface area contributed by atoms with Gasteiger partial charge < -0.3 is 10.6 Å². The first-order chi connectivity index (χ1) is 7.56. The molecule has 0 aromatic heterocycles. The van der Waals surface area contributed by atoms with Crippen LogP contribution in [0.5, 0.6) is 0 Å². The van der Waals surface area contributed by atoms with Gasteiger partial charge in [0.15, 0.2) is 0 Å². The highest BCUT2D eigenvalue weighted by atomic mass is 16.2. The van der Waals surface area contributed by atoms with E-state index in [1.165, 1.54) is 0 Å². The topological polar surface area (TPSA) is 46.3 Å². The van der Waals surface area contributed by atoms with Crippen molar-refractivity contribution in [3.63, 3.8) is 0 Å². The van der Waals surface area contributed by atoms with Gasteiger partial charge in [-0.05, 0) is 31.6 Å². The molecule has 3 nitrogen and oxygen atoms in total. The lowest BCUT2D eigenvalue weighted by molar-refractivity contribution is -0.137. The van der Waals surface area contributed by atoms with Crippen LogP contribution in [-0.2, 0) is 4.79 Å². The Bertz CT molecular complexity index is 230. The van der Waals surface area contributed by atoms with Crippen molar-refractivity contribution < 1.29 is 4.79 Å². The zero-order valence-corrected chi connectivity index (χ0v) is 10.9. The van der Waals surface area contributed by atoms with Crippen molar-refractivity contribution >= 4 is 5.91 Å². The van der Waals surface area contributed by atoms with Crippen molar-refractivity contribution in [1.82, 2.24) is 4.90 Å². The fraction of sp³-hybridized carbons (Fsp3) is 0.923. The minimum absolute atomic E-state index is 0.158. The minimum Gasteiger partial charge on any atom is -0.346 e. The quantitative estimate of drug-likeness (QED) is 0.797. The molecule has 0 aliphatic heterocycles. The van der Waals surface area contributed by atoms with Gasteiger partial charge in [-0.25, -0.2) is 0 Å². The molecular weight excluding hydrogens is 200 g/mol. The fourth-order valence-corrected chi connectivity index (χ4v) is 2.49. The summed E-state index contributed by atoms with van der Waals surface area (Å²) in [5.41, 5.74) is 5.95. The Morgan fingerprint density at radius 2 is 2.12 bits per heavy atom. The van der Waals surface area contributed by atoms with Crippen molar-refractivity contribution in [2.24, 2.45) is 17.6 Å². The Morgan fingerprint density at radius 3 is 2.75 bits per heavy atom. The molecule has 1 aliphatic rings. The van der Waals surface area contributed by atoms with Crippen molar-refractivity contribution in [1.29, 1.82) is 0 Å². The molecule has 0 radical (unpaired) electrons. The normalized spacial score (nSPS) is 30.1. The van der Waals surface area contributed by atoms with E-state index in [-0.39, 0.29) is 12.0 Å². The maximum absolute atomic E-state index is 12.2. The number of hydrogen-bond donors (Lipinski definition) is 1. The van der Waals surface area contributed by atoms with Gasteiger partial charge in [-0.3, -0.25) is 4.79 Å². The van der Waals surface area contributed by atoms with Gasteiger partial charge >= 0.3 is 0 Å². The molecule has 1 fully saturated rings. The molecule has 0 saturated heterocycles. The molecule has 94 valence electrons. The minimum atomic E-state index is 0.158. The van der Waals surface area contributed by atoms with E-state index in [0.29, 0.717) is 11.8 Å². The zero-order chi connectivity index (χ0) is 12.1. The lowest BCUT2D eigenvalue weighted by Gasteiger charge is -2.34. The fourth-order valence-electron chi connectivity index (χ4n) is 2.49. The van der Waals surface area contributed by atoms with Gasteiger partial charge in [0.1, 0.15) is 0 Å². The lowest BCUT2D eigenvalue weighted by atomic mass is 9.77. The van der Waals surface area contributed by atoms with Crippen LogP contribution in [0.2, 0.25) is 0 Å². The number of rotatable bonds is 4. The summed E-state index contributed by atoms with van der Waals surface area (Å²) in [6, 6.07) is 0.227. The van der Waals surface area contributed by atoms with E-state index < -0.39 is 0 Å². The molecule has 1 amide bonds. The van der Waals surface area contributed by atoms with E-state index in [2.05, 4.69) is 13.8 Å². The van der Waals surface area contributed by atoms with E-state index >= 15 is 0 Å². The van der Waals surface area contributed by atoms with E-state index in [0.717, 1.165) is 38.6 Å². The highest BCUT2D eigenvalue weighted by Gasteiger charge is 2.32. The summed E-state index contributed by atoms with van der Waals surface area (Å²) in [6.07, 6.45) is 5.27. The van der Waals surface area contributed by atoms with Gasteiger partial charge in [-0.15, -0.1) is 0 Å². The first kappa shape index (κ1) is 13.5. The first-order valence-corrected chi connectivity index (χ1v) is 6.56. The van der Waals surface area contributed by atoms with Gasteiger partial charge in [0.05, 0.1) is 0 Å². The molecule has 0 heterocycles. The SMILES string of the molecule is CCCCN(C)C(=O)C1CC(N)CCC1C. The Labute approximate surface area is 99.4 Å². The van der Waals surface area contributed by atoms with Crippen LogP contribution in [0.15, 0.2) is 0 Å². The molecule has 3 unspecified atom stereocenters. The van der Waals surface area contributed by atoms with E-state index in [4.69, 9.17) is 5.73 Å². The van der Waals surface area contributed by atoms with Gasteiger partial charge in [0.2, 0.25) is 5.91 Å². The van der Waals surface area contributed by atoms with Crippen molar-refractivity contribution in [3.05, 3.63) is 0 Å². The molecular formula is C13H26N2O. The summed E-state index contributed by atoms with van der Waals surface area (Å²) in [7, 11) is 1.92. The molecule has 1 aliphatic carbocycles. The molecule has 3 atom stereocenters. The summed E-state index contributed by atoms with van der Waals surface area (Å²) in [6.45, 7) is 5.22. The molecule has 2 N–H and O–H groups in total. The van der Waals surface area contributed by atoms with Crippen LogP contribution in [0.25, 0.3) is 0 Å². The highest BCUT2D eigenvalue weighted by Crippen LogP contribution is 2.30. The smallest absolute Gasteiger partial charge is 0.225 e. The largest absolute Gasteiger partial charge is 0.346 e. The molecule has 0 aromatic rings. The standard InChI is InChI=1S/C13H26N2O/c1-4-5-8-15(3)13(16)12-9-11(14)7-6-10(12)2/h10-12H,4-9,14H2,1-3H3. The number of hydrogen-bond acceptors (Lipinski definition) is 2. The summed E-state index contributed by atoms with van der Waals surface area (Å²) >= 11 is 0. The Hall–Kier alpha value is -0.570. The predicted molar refractivity (Wildman–Crippen MR) is 67.0 cm³/mol. The zero-order valence-electron chi connectivity index (χ0n) is 10.9. The van der Waals surface area contributed by atoms with E-state index in [1.54, 1.807) is 0 Å². The molecule has 1 saturated carbocycles. The summed E-state index contributed by atoms with van der Waals surface area (Å²) < 4.78 is 0. The number of nitrogens with zero attached hydrogens (tertiary/aromatic N) is 1. The average Bonchev–Trinajstić information content (AvgIpc) is 2.28. The lowest BCUT2D eigenvalue weighted by Crippen LogP contribution is -2.42. The second kappa shape index (κ2) is 6.24. The molecule has 1 rings (SSSR count). The van der Waals surface area contributed by atoms with Crippen LogP contribution in [-0.4, -0.2) is 30.4 Å². The monoisotopic (exact) mass is 226 g/mol. The summed E-state index contributed by atoms with van der Waals surface area (Å²) in [4.78, 5) is 14.1. The van der Waals surface area contributed by atoms with Crippen LogP contribution < -0.4 is 5.73 Å². The van der Waals surface area contributed by atoms with Crippen LogP contribution >= 0.6 is 0 Å². The predicted octanol–water partition coefficient (Wildman–Crippen LogP) is 2.01. The average molecular weight is 226 g/mol. The maximum atomic E-state index is 12.2. The first-order valence-electron chi connectivity index (χ1n) is 6.56. The van der Waals surface area contributed by atoms with Gasteiger partial charge in [-0.1, -0.05) is 20.3 Å². The Kier molecular flexibility index (Phi) is 5.26. The third-order valence-electron chi connectivity index (χ3n) is 3.78. The summed E-state index contributed by atoms with van der Waals surface area (Å²) in [5, 5.41) is 0. The van der Waals surface area contributed by atoms with Gasteiger partial charge in [-0.2, -0.15) is 0 Å². The van der Waals surface area contributed by atoms with E-state index in [1.807, 2.05) is 11.9 Å². The van der Waals surface area contributed by atoms with Crippen LogP contribution in [0.1, 0.15) is 46.0 Å². The molecule has 0 aromatic carbocycles. The van der Waals surface area contributed by atoms with Crippen molar-refractivity contribution in [2.45, 2.75) is 52.0 Å². The van der Waals surface area contributed by atoms with E-state index in [9.17, 15) is 4.79 Å². The molecule has 0 bridgehead atoms. The van der Waals surface area contributed by atoms with Crippen LogP contribution in [0.4, 0.5) is 0 Å². The summed E-state index contributed by atoms with van der Waals surface area (Å²) in [5.74, 6) is 0.957. The number of unbranched alkanes of at least 4 members (excludes halogenated alkanes) is 1. The van der Waals surface area contributed by atoms with Crippen molar-refractivity contribution in [3.8, 4) is 0 Å². The second-order valence-corrected chi connectivity index (χ2v) is 5.27. The third-order valence-corrected chi connectivity index (χ3v) is 3.78. The van der Waals surface area contributed by atoms with Crippen LogP contribution in [0, 0.1) is 11.8 Å². The highest BCUT2D eigenvalue weighted by molar-refractivity contribution is 5.79. The van der Waals surface area contributed by atoms with Gasteiger partial charge in [0, 0.05) is 25.6 Å². The number of amides is 1. The number of nitrogens with two attached hydrogens (primary N) is 1. The Balaban J connectivity index is 2.50. The van der Waals surface area contributed by atoms with Crippen molar-refractivity contribution in [2.75, 3.05) is 13.6 Å². The van der Waals surface area contributed by atoms with Gasteiger partial charge in [0.25, 0.3) is 0 Å². The molecule has 0 spiro atoms. The third kappa shape index (κ3) is 3.48.